The Bertz CT molecular complexity index is 814. The van der Waals surface area contributed by atoms with Crippen molar-refractivity contribution >= 4 is 21.9 Å². The normalized spacial score (nSPS) is 10.6. The van der Waals surface area contributed by atoms with Crippen molar-refractivity contribution in [3.63, 3.8) is 0 Å². The lowest BCUT2D eigenvalue weighted by atomic mass is 10.1. The van der Waals surface area contributed by atoms with Gasteiger partial charge < -0.3 is 5.11 Å². The first kappa shape index (κ1) is 14.4. The molecule has 7 heteroatoms. The van der Waals surface area contributed by atoms with Crippen LogP contribution in [0.15, 0.2) is 53.0 Å². The average Bonchev–Trinajstić information content (AvgIpc) is 2.96. The summed E-state index contributed by atoms with van der Waals surface area (Å²) in [6.45, 7) is 0.514. The maximum atomic E-state index is 10.8. The molecule has 22 heavy (non-hydrogen) atoms. The second-order valence-corrected chi connectivity index (χ2v) is 5.57. The van der Waals surface area contributed by atoms with Crippen molar-refractivity contribution in [2.24, 2.45) is 0 Å². The van der Waals surface area contributed by atoms with Gasteiger partial charge in [0, 0.05) is 10.0 Å². The number of hydrogen-bond donors (Lipinski definition) is 1. The third-order valence-corrected chi connectivity index (χ3v) is 3.55. The third kappa shape index (κ3) is 3.20. The molecule has 1 heterocycles. The molecule has 3 rings (SSSR count). The number of carboxylic acid groups (broad SMARTS) is 1. The minimum absolute atomic E-state index is 0.227. The van der Waals surface area contributed by atoms with Gasteiger partial charge in [0.2, 0.25) is 5.82 Å². The van der Waals surface area contributed by atoms with Crippen molar-refractivity contribution in [3.8, 4) is 11.4 Å². The minimum atomic E-state index is -0.960. The van der Waals surface area contributed by atoms with Crippen LogP contribution in [0.25, 0.3) is 11.4 Å². The van der Waals surface area contributed by atoms with Crippen LogP contribution in [0.4, 0.5) is 0 Å². The van der Waals surface area contributed by atoms with Crippen LogP contribution in [0.3, 0.4) is 0 Å². The van der Waals surface area contributed by atoms with E-state index in [0.717, 1.165) is 15.6 Å². The molecule has 0 aliphatic heterocycles. The van der Waals surface area contributed by atoms with Crippen molar-refractivity contribution in [1.82, 2.24) is 20.2 Å². The first-order valence-corrected chi connectivity index (χ1v) is 7.27. The van der Waals surface area contributed by atoms with E-state index in [-0.39, 0.29) is 5.56 Å². The molecule has 0 amide bonds. The first-order chi connectivity index (χ1) is 10.6. The van der Waals surface area contributed by atoms with E-state index < -0.39 is 5.97 Å². The van der Waals surface area contributed by atoms with Crippen LogP contribution in [-0.4, -0.2) is 31.3 Å². The molecule has 1 aromatic heterocycles. The SMILES string of the molecule is O=C(O)c1ccc(-c2nnn(Cc3cccc(Br)c3)n2)cc1. The number of aromatic nitrogens is 4. The lowest BCUT2D eigenvalue weighted by molar-refractivity contribution is 0.0697. The van der Waals surface area contributed by atoms with Crippen LogP contribution >= 0.6 is 15.9 Å². The molecule has 0 unspecified atom stereocenters. The molecule has 0 atom stereocenters. The smallest absolute Gasteiger partial charge is 0.335 e. The largest absolute Gasteiger partial charge is 0.478 e. The standard InChI is InChI=1S/C15H11BrN4O2/c16-13-3-1-2-10(8-13)9-20-18-14(17-19-20)11-4-6-12(7-5-11)15(21)22/h1-8H,9H2,(H,21,22). The Labute approximate surface area is 134 Å². The van der Waals surface area contributed by atoms with Crippen molar-refractivity contribution in [3.05, 3.63) is 64.1 Å². The molecule has 0 saturated carbocycles. The zero-order valence-electron chi connectivity index (χ0n) is 11.3. The summed E-state index contributed by atoms with van der Waals surface area (Å²) in [5.41, 5.74) is 2.01. The molecule has 110 valence electrons. The second kappa shape index (κ2) is 6.07. The summed E-state index contributed by atoms with van der Waals surface area (Å²) < 4.78 is 0.995. The predicted molar refractivity (Wildman–Crippen MR) is 83.5 cm³/mol. The van der Waals surface area contributed by atoms with Gasteiger partial charge in [-0.1, -0.05) is 40.2 Å². The van der Waals surface area contributed by atoms with E-state index in [1.807, 2.05) is 24.3 Å². The molecule has 6 nitrogen and oxygen atoms in total. The molecule has 0 fully saturated rings. The molecule has 1 N–H and O–H groups in total. The number of tetrazole rings is 1. The monoisotopic (exact) mass is 358 g/mol. The molecular formula is C15H11BrN4O2. The summed E-state index contributed by atoms with van der Waals surface area (Å²) in [5.74, 6) is -0.496. The van der Waals surface area contributed by atoms with Crippen LogP contribution in [0, 0.1) is 0 Å². The van der Waals surface area contributed by atoms with Gasteiger partial charge in [-0.25, -0.2) is 4.79 Å². The Morgan fingerprint density at radius 2 is 1.95 bits per heavy atom. The summed E-state index contributed by atoms with van der Waals surface area (Å²) in [6.07, 6.45) is 0. The first-order valence-electron chi connectivity index (χ1n) is 6.48. The fourth-order valence-electron chi connectivity index (χ4n) is 1.99. The van der Waals surface area contributed by atoms with E-state index in [1.165, 1.54) is 16.9 Å². The highest BCUT2D eigenvalue weighted by atomic mass is 79.9. The van der Waals surface area contributed by atoms with E-state index >= 15 is 0 Å². The van der Waals surface area contributed by atoms with Gasteiger partial charge in [0.05, 0.1) is 12.1 Å². The highest BCUT2D eigenvalue weighted by Gasteiger charge is 2.08. The maximum Gasteiger partial charge on any atom is 0.335 e. The zero-order valence-corrected chi connectivity index (χ0v) is 12.9. The number of halogens is 1. The van der Waals surface area contributed by atoms with Crippen LogP contribution in [0.1, 0.15) is 15.9 Å². The van der Waals surface area contributed by atoms with Crippen molar-refractivity contribution < 1.29 is 9.90 Å². The Hall–Kier alpha value is -2.54. The fraction of sp³-hybridized carbons (Fsp3) is 0.0667. The zero-order chi connectivity index (χ0) is 15.5. The highest BCUT2D eigenvalue weighted by molar-refractivity contribution is 9.10. The van der Waals surface area contributed by atoms with E-state index in [1.54, 1.807) is 12.1 Å². The van der Waals surface area contributed by atoms with E-state index in [4.69, 9.17) is 5.11 Å². The molecule has 0 radical (unpaired) electrons. The molecule has 0 bridgehead atoms. The molecule has 0 spiro atoms. The van der Waals surface area contributed by atoms with Gasteiger partial charge in [-0.2, -0.15) is 4.80 Å². The van der Waals surface area contributed by atoms with Gasteiger partial charge >= 0.3 is 5.97 Å². The topological polar surface area (TPSA) is 80.9 Å². The minimum Gasteiger partial charge on any atom is -0.478 e. The number of hydrogen-bond acceptors (Lipinski definition) is 4. The Morgan fingerprint density at radius 3 is 2.64 bits per heavy atom. The molecule has 0 aliphatic rings. The number of rotatable bonds is 4. The van der Waals surface area contributed by atoms with Gasteiger partial charge in [0.1, 0.15) is 0 Å². The van der Waals surface area contributed by atoms with Gasteiger partial charge in [-0.15, -0.1) is 10.2 Å². The average molecular weight is 359 g/mol. The predicted octanol–water partition coefficient (Wildman–Crippen LogP) is 2.85. The Balaban J connectivity index is 1.80. The number of aromatic carboxylic acids is 1. The van der Waals surface area contributed by atoms with Crippen molar-refractivity contribution in [2.75, 3.05) is 0 Å². The van der Waals surface area contributed by atoms with Gasteiger partial charge in [-0.05, 0) is 35.0 Å². The van der Waals surface area contributed by atoms with Crippen LogP contribution in [0.5, 0.6) is 0 Å². The van der Waals surface area contributed by atoms with Crippen LogP contribution in [0.2, 0.25) is 0 Å². The summed E-state index contributed by atoms with van der Waals surface area (Å²) in [7, 11) is 0. The number of nitrogens with zero attached hydrogens (tertiary/aromatic N) is 4. The molecule has 3 aromatic rings. The molecule has 0 saturated heterocycles. The molecular weight excluding hydrogens is 348 g/mol. The number of benzene rings is 2. The second-order valence-electron chi connectivity index (χ2n) is 4.66. The highest BCUT2D eigenvalue weighted by Crippen LogP contribution is 2.16. The van der Waals surface area contributed by atoms with Gasteiger partial charge in [0.15, 0.2) is 0 Å². The molecule has 0 aliphatic carbocycles. The number of carbonyl (C=O) groups is 1. The maximum absolute atomic E-state index is 10.8. The van der Waals surface area contributed by atoms with Crippen molar-refractivity contribution in [2.45, 2.75) is 6.54 Å². The lowest BCUT2D eigenvalue weighted by Gasteiger charge is -2.00. The summed E-state index contributed by atoms with van der Waals surface area (Å²) in [5, 5.41) is 21.2. The van der Waals surface area contributed by atoms with Crippen LogP contribution < -0.4 is 0 Å². The van der Waals surface area contributed by atoms with E-state index in [0.29, 0.717) is 12.4 Å². The van der Waals surface area contributed by atoms with Gasteiger partial charge in [-0.3, -0.25) is 0 Å². The van der Waals surface area contributed by atoms with E-state index in [9.17, 15) is 4.79 Å². The summed E-state index contributed by atoms with van der Waals surface area (Å²) in [4.78, 5) is 12.3. The molecule has 2 aromatic carbocycles. The third-order valence-electron chi connectivity index (χ3n) is 3.06. The quantitative estimate of drug-likeness (QED) is 0.775. The van der Waals surface area contributed by atoms with Crippen molar-refractivity contribution in [1.29, 1.82) is 0 Å². The number of carboxylic acids is 1. The Kier molecular flexibility index (Phi) is 3.97. The summed E-state index contributed by atoms with van der Waals surface area (Å²) in [6, 6.07) is 14.3. The van der Waals surface area contributed by atoms with Gasteiger partial charge in [0.25, 0.3) is 0 Å². The summed E-state index contributed by atoms with van der Waals surface area (Å²) >= 11 is 3.42. The lowest BCUT2D eigenvalue weighted by Crippen LogP contribution is -2.03. The van der Waals surface area contributed by atoms with Crippen LogP contribution in [-0.2, 0) is 6.54 Å². The fourth-order valence-corrected chi connectivity index (χ4v) is 2.43. The van der Waals surface area contributed by atoms with E-state index in [2.05, 4.69) is 31.3 Å². The Morgan fingerprint density at radius 1 is 1.18 bits per heavy atom.